The fourth-order valence-corrected chi connectivity index (χ4v) is 3.37. The second-order valence-electron chi connectivity index (χ2n) is 7.75. The van der Waals surface area contributed by atoms with Crippen LogP contribution in [-0.2, 0) is 19.1 Å². The van der Waals surface area contributed by atoms with Crippen LogP contribution in [0.3, 0.4) is 0 Å². The van der Waals surface area contributed by atoms with Crippen LogP contribution in [0.4, 0.5) is 0 Å². The molecule has 0 aliphatic heterocycles. The molecule has 0 N–H and O–H groups in total. The van der Waals surface area contributed by atoms with Crippen molar-refractivity contribution in [3.63, 3.8) is 0 Å². The number of hydrogen-bond acceptors (Lipinski definition) is 4. The first-order valence-corrected chi connectivity index (χ1v) is 11.4. The molecule has 4 rings (SSSR count). The number of rotatable bonds is 8. The van der Waals surface area contributed by atoms with E-state index in [-0.39, 0.29) is 0 Å². The van der Waals surface area contributed by atoms with E-state index in [1.165, 1.54) is 0 Å². The Kier molecular flexibility index (Phi) is 8.39. The first-order valence-electron chi connectivity index (χ1n) is 11.4. The lowest BCUT2D eigenvalue weighted by Crippen LogP contribution is -2.04. The minimum atomic E-state index is -0.689. The summed E-state index contributed by atoms with van der Waals surface area (Å²) in [4.78, 5) is 25.2. The molecule has 0 spiro atoms. The van der Waals surface area contributed by atoms with E-state index in [1.54, 1.807) is 12.2 Å². The van der Waals surface area contributed by atoms with Gasteiger partial charge < -0.3 is 9.47 Å². The predicted molar refractivity (Wildman–Crippen MR) is 143 cm³/mol. The molecule has 0 amide bonds. The fourth-order valence-electron chi connectivity index (χ4n) is 3.37. The smallest absolute Gasteiger partial charge is 0.336 e. The Bertz CT molecular complexity index is 1260. The van der Waals surface area contributed by atoms with Gasteiger partial charge in [-0.25, -0.2) is 9.59 Å². The largest absolute Gasteiger partial charge is 0.423 e. The molecular formula is C32H24O4. The fraction of sp³-hybridized carbons (Fsp3) is 0. The van der Waals surface area contributed by atoms with E-state index in [1.807, 2.05) is 121 Å². The topological polar surface area (TPSA) is 52.6 Å². The van der Waals surface area contributed by atoms with Crippen molar-refractivity contribution in [3.05, 3.63) is 156 Å². The Hall–Kier alpha value is -4.96. The maximum absolute atomic E-state index is 12.6. The van der Waals surface area contributed by atoms with Crippen molar-refractivity contribution in [2.75, 3.05) is 0 Å². The molecule has 0 aliphatic rings. The van der Waals surface area contributed by atoms with E-state index >= 15 is 0 Å². The lowest BCUT2D eigenvalue weighted by molar-refractivity contribution is -0.133. The van der Waals surface area contributed by atoms with Gasteiger partial charge in [-0.3, -0.25) is 0 Å². The maximum atomic E-state index is 12.6. The predicted octanol–water partition coefficient (Wildman–Crippen LogP) is 7.03. The Morgan fingerprint density at radius 2 is 0.750 bits per heavy atom. The minimum Gasteiger partial charge on any atom is -0.423 e. The van der Waals surface area contributed by atoms with Gasteiger partial charge in [-0.15, -0.1) is 0 Å². The molecule has 0 atom stereocenters. The van der Waals surface area contributed by atoms with E-state index in [0.717, 1.165) is 34.4 Å². The van der Waals surface area contributed by atoms with Gasteiger partial charge in [0.15, 0.2) is 0 Å². The van der Waals surface area contributed by atoms with Crippen molar-refractivity contribution < 1.29 is 19.1 Å². The third-order valence-electron chi connectivity index (χ3n) is 5.09. The summed E-state index contributed by atoms with van der Waals surface area (Å²) < 4.78 is 11.2. The Balaban J connectivity index is 1.49. The molecule has 0 radical (unpaired) electrons. The number of carbonyl (C=O) groups is 2. The zero-order valence-electron chi connectivity index (χ0n) is 19.5. The van der Waals surface area contributed by atoms with Crippen molar-refractivity contribution in [2.45, 2.75) is 0 Å². The lowest BCUT2D eigenvalue weighted by atomic mass is 10.1. The van der Waals surface area contributed by atoms with Crippen molar-refractivity contribution in [1.29, 1.82) is 0 Å². The normalized spacial score (nSPS) is 11.8. The van der Waals surface area contributed by atoms with Crippen LogP contribution in [-0.4, -0.2) is 11.9 Å². The van der Waals surface area contributed by atoms with Crippen LogP contribution in [0.1, 0.15) is 22.3 Å². The van der Waals surface area contributed by atoms with Crippen LogP contribution >= 0.6 is 0 Å². The summed E-state index contributed by atoms with van der Waals surface area (Å²) in [6.07, 6.45) is 5.68. The third kappa shape index (κ3) is 7.27. The number of ether oxygens (including phenoxy) is 2. The molecule has 4 aromatic carbocycles. The zero-order valence-corrected chi connectivity index (χ0v) is 19.5. The van der Waals surface area contributed by atoms with E-state index in [9.17, 15) is 9.59 Å². The van der Waals surface area contributed by atoms with Crippen LogP contribution in [0.5, 0.6) is 0 Å². The monoisotopic (exact) mass is 472 g/mol. The highest BCUT2D eigenvalue weighted by molar-refractivity contribution is 5.97. The minimum absolute atomic E-state index is 0.374. The van der Waals surface area contributed by atoms with E-state index in [4.69, 9.17) is 9.47 Å². The Labute approximate surface area is 210 Å². The molecule has 4 heteroatoms. The summed E-state index contributed by atoms with van der Waals surface area (Å²) >= 11 is 0. The molecule has 0 bridgehead atoms. The van der Waals surface area contributed by atoms with E-state index < -0.39 is 11.9 Å². The van der Waals surface area contributed by atoms with Gasteiger partial charge in [0.2, 0.25) is 0 Å². The Morgan fingerprint density at radius 1 is 0.444 bits per heavy atom. The number of esters is 2. The molecule has 0 saturated heterocycles. The van der Waals surface area contributed by atoms with Gasteiger partial charge in [0, 0.05) is 23.3 Å². The molecule has 4 aromatic rings. The lowest BCUT2D eigenvalue weighted by Gasteiger charge is -2.09. The quantitative estimate of drug-likeness (QED) is 0.120. The van der Waals surface area contributed by atoms with Gasteiger partial charge in [0.25, 0.3) is 0 Å². The summed E-state index contributed by atoms with van der Waals surface area (Å²) in [7, 11) is 0. The summed E-state index contributed by atoms with van der Waals surface area (Å²) in [6.45, 7) is 0. The van der Waals surface area contributed by atoms with Crippen LogP contribution in [0.25, 0.3) is 23.7 Å². The van der Waals surface area contributed by atoms with Crippen LogP contribution in [0, 0.1) is 0 Å². The maximum Gasteiger partial charge on any atom is 0.336 e. The van der Waals surface area contributed by atoms with Crippen LogP contribution in [0.2, 0.25) is 0 Å². The van der Waals surface area contributed by atoms with E-state index in [0.29, 0.717) is 11.5 Å². The molecule has 0 aromatic heterocycles. The van der Waals surface area contributed by atoms with Gasteiger partial charge in [0.1, 0.15) is 11.5 Å². The van der Waals surface area contributed by atoms with Gasteiger partial charge in [-0.05, 0) is 23.3 Å². The first kappa shape index (κ1) is 24.2. The molecule has 0 saturated carbocycles. The average molecular weight is 473 g/mol. The van der Waals surface area contributed by atoms with Crippen molar-refractivity contribution >= 4 is 35.6 Å². The third-order valence-corrected chi connectivity index (χ3v) is 5.09. The summed E-state index contributed by atoms with van der Waals surface area (Å²) in [5, 5.41) is 0. The standard InChI is InChI=1S/C32H24O4/c33-31(35-29(27-17-9-3-10-18-27)23-25-13-5-1-6-14-25)21-22-32(34)36-30(28-19-11-4-12-20-28)24-26-15-7-2-8-16-26/h1-24H. The molecule has 0 fully saturated rings. The van der Waals surface area contributed by atoms with Crippen molar-refractivity contribution in [2.24, 2.45) is 0 Å². The molecule has 0 unspecified atom stereocenters. The van der Waals surface area contributed by atoms with Crippen molar-refractivity contribution in [1.82, 2.24) is 0 Å². The first-order chi connectivity index (χ1) is 17.7. The number of carbonyl (C=O) groups excluding carboxylic acids is 2. The highest BCUT2D eigenvalue weighted by Gasteiger charge is 2.11. The zero-order chi connectivity index (χ0) is 25.0. The summed E-state index contributed by atoms with van der Waals surface area (Å²) in [6, 6.07) is 37.7. The SMILES string of the molecule is O=C(C=CC(=O)OC(=Cc1ccccc1)c1ccccc1)OC(=Cc1ccccc1)c1ccccc1. The molecule has 176 valence electrons. The Morgan fingerprint density at radius 3 is 1.08 bits per heavy atom. The van der Waals surface area contributed by atoms with Gasteiger partial charge in [-0.1, -0.05) is 121 Å². The molecular weight excluding hydrogens is 448 g/mol. The van der Waals surface area contributed by atoms with Gasteiger partial charge >= 0.3 is 11.9 Å². The van der Waals surface area contributed by atoms with Crippen LogP contribution < -0.4 is 0 Å². The highest BCUT2D eigenvalue weighted by Crippen LogP contribution is 2.21. The van der Waals surface area contributed by atoms with Gasteiger partial charge in [0.05, 0.1) is 0 Å². The molecule has 0 aliphatic carbocycles. The van der Waals surface area contributed by atoms with Crippen molar-refractivity contribution in [3.8, 4) is 0 Å². The average Bonchev–Trinajstić information content (AvgIpc) is 2.93. The van der Waals surface area contributed by atoms with Gasteiger partial charge in [-0.2, -0.15) is 0 Å². The summed E-state index contributed by atoms with van der Waals surface area (Å²) in [5.41, 5.74) is 3.24. The molecule has 0 heterocycles. The highest BCUT2D eigenvalue weighted by atomic mass is 16.5. The summed E-state index contributed by atoms with van der Waals surface area (Å²) in [5.74, 6) is -0.630. The number of benzene rings is 4. The van der Waals surface area contributed by atoms with Crippen LogP contribution in [0.15, 0.2) is 133 Å². The second kappa shape index (κ2) is 12.5. The number of hydrogen-bond donors (Lipinski definition) is 0. The molecule has 4 nitrogen and oxygen atoms in total. The molecule has 36 heavy (non-hydrogen) atoms. The second-order valence-corrected chi connectivity index (χ2v) is 7.75. The van der Waals surface area contributed by atoms with E-state index in [2.05, 4.69) is 0 Å².